The summed E-state index contributed by atoms with van der Waals surface area (Å²) >= 11 is 0. The number of nitrogens with one attached hydrogen (secondary N) is 2. The first-order valence-electron chi connectivity index (χ1n) is 14.6. The molecule has 1 spiro atoms. The predicted molar refractivity (Wildman–Crippen MR) is 157 cm³/mol. The number of amides is 2. The molecule has 3 atom stereocenters. The van der Waals surface area contributed by atoms with E-state index in [1.54, 1.807) is 6.92 Å². The van der Waals surface area contributed by atoms with Crippen molar-refractivity contribution in [3.05, 3.63) is 95.6 Å². The molecule has 3 unspecified atom stereocenters. The first-order chi connectivity index (χ1) is 20.3. The largest absolute Gasteiger partial charge is 0.480 e. The summed E-state index contributed by atoms with van der Waals surface area (Å²) in [6.07, 6.45) is 2.05. The minimum atomic E-state index is -1.22. The molecule has 3 aromatic rings. The molecule has 3 aliphatic carbocycles. The van der Waals surface area contributed by atoms with Crippen LogP contribution in [-0.4, -0.2) is 48.4 Å². The molecule has 42 heavy (non-hydrogen) atoms. The average molecular weight is 569 g/mol. The molecular weight excluding hydrogens is 532 g/mol. The second-order valence-corrected chi connectivity index (χ2v) is 11.9. The van der Waals surface area contributed by atoms with Crippen LogP contribution in [0.3, 0.4) is 0 Å². The van der Waals surface area contributed by atoms with E-state index in [0.717, 1.165) is 47.1 Å². The van der Waals surface area contributed by atoms with Gasteiger partial charge in [0.2, 0.25) is 5.91 Å². The third-order valence-corrected chi connectivity index (χ3v) is 9.53. The van der Waals surface area contributed by atoms with E-state index in [4.69, 9.17) is 9.47 Å². The summed E-state index contributed by atoms with van der Waals surface area (Å²) in [7, 11) is 0. The van der Waals surface area contributed by atoms with Gasteiger partial charge in [-0.15, -0.1) is 0 Å². The molecule has 3 aliphatic rings. The number of hydrogen-bond acceptors (Lipinski definition) is 5. The lowest BCUT2D eigenvalue weighted by Crippen LogP contribution is -2.54. The minimum Gasteiger partial charge on any atom is -0.480 e. The summed E-state index contributed by atoms with van der Waals surface area (Å²) in [5.74, 6) is -1.58. The smallest absolute Gasteiger partial charge is 0.407 e. The lowest BCUT2D eigenvalue weighted by atomic mass is 9.74. The zero-order chi connectivity index (χ0) is 29.3. The van der Waals surface area contributed by atoms with Crippen LogP contribution < -0.4 is 10.6 Å². The van der Waals surface area contributed by atoms with Crippen molar-refractivity contribution < 1.29 is 29.0 Å². The number of hydrogen-bond donors (Lipinski definition) is 3. The van der Waals surface area contributed by atoms with Gasteiger partial charge in [0.15, 0.2) is 6.04 Å². The quantitative estimate of drug-likeness (QED) is 0.291. The van der Waals surface area contributed by atoms with Crippen LogP contribution in [0, 0.1) is 10.8 Å². The predicted octanol–water partition coefficient (Wildman–Crippen LogP) is 5.26. The van der Waals surface area contributed by atoms with Gasteiger partial charge in [-0.2, -0.15) is 0 Å². The topological polar surface area (TPSA) is 114 Å². The van der Waals surface area contributed by atoms with Gasteiger partial charge in [0.25, 0.3) is 0 Å². The molecule has 3 N–H and O–H groups in total. The Morgan fingerprint density at radius 2 is 1.55 bits per heavy atom. The molecule has 0 bridgehead atoms. The zero-order valence-corrected chi connectivity index (χ0v) is 23.7. The highest BCUT2D eigenvalue weighted by molar-refractivity contribution is 5.92. The van der Waals surface area contributed by atoms with Crippen LogP contribution in [0.1, 0.15) is 55.2 Å². The van der Waals surface area contributed by atoms with Gasteiger partial charge in [0.05, 0.1) is 18.1 Å². The molecule has 218 valence electrons. The molecule has 0 heterocycles. The van der Waals surface area contributed by atoms with Gasteiger partial charge in [-0.3, -0.25) is 4.79 Å². The van der Waals surface area contributed by atoms with Crippen LogP contribution in [0.25, 0.3) is 11.1 Å². The summed E-state index contributed by atoms with van der Waals surface area (Å²) in [6, 6.07) is 24.5. The van der Waals surface area contributed by atoms with Gasteiger partial charge in [-0.25, -0.2) is 9.59 Å². The molecule has 8 nitrogen and oxygen atoms in total. The van der Waals surface area contributed by atoms with Gasteiger partial charge in [0.1, 0.15) is 6.61 Å². The summed E-state index contributed by atoms with van der Waals surface area (Å²) < 4.78 is 11.5. The van der Waals surface area contributed by atoms with E-state index in [1.807, 2.05) is 54.6 Å². The molecule has 0 radical (unpaired) electrons. The maximum Gasteiger partial charge on any atom is 0.407 e. The minimum absolute atomic E-state index is 0.0620. The van der Waals surface area contributed by atoms with E-state index in [1.165, 1.54) is 0 Å². The fourth-order valence-electron chi connectivity index (χ4n) is 6.87. The standard InChI is InChI=1S/C34H36N2O6/c1-22(41-18-23-10-3-2-4-11-23)29(30(37)38)36-31(39)34(20-33(34)16-9-17-33)21-35-32(40)42-19-28-26-14-7-5-12-24(26)25-13-6-8-15-27(25)28/h2-8,10-15,22,28-29H,9,16-21H2,1H3,(H,35,40)(H,36,39)(H,37,38). The van der Waals surface area contributed by atoms with Crippen molar-refractivity contribution in [2.75, 3.05) is 13.2 Å². The van der Waals surface area contributed by atoms with Crippen molar-refractivity contribution in [1.82, 2.24) is 10.6 Å². The van der Waals surface area contributed by atoms with Crippen molar-refractivity contribution >= 4 is 18.0 Å². The Kier molecular flexibility index (Phi) is 7.49. The SMILES string of the molecule is CC(OCc1ccccc1)C(NC(=O)C1(CNC(=O)OCC2c3ccccc3-c3ccccc32)CC12CCC2)C(=O)O. The van der Waals surface area contributed by atoms with Crippen LogP contribution in [0.2, 0.25) is 0 Å². The molecule has 2 amide bonds. The number of ether oxygens (including phenoxy) is 2. The summed E-state index contributed by atoms with van der Waals surface area (Å²) in [5, 5.41) is 15.5. The van der Waals surface area contributed by atoms with Crippen LogP contribution >= 0.6 is 0 Å². The number of aliphatic carboxylic acids is 1. The lowest BCUT2D eigenvalue weighted by Gasteiger charge is -2.33. The average Bonchev–Trinajstić information content (AvgIpc) is 3.61. The number of fused-ring (bicyclic) bond motifs is 3. The lowest BCUT2D eigenvalue weighted by molar-refractivity contribution is -0.148. The first kappa shape index (κ1) is 28.0. The van der Waals surface area contributed by atoms with Crippen LogP contribution in [0.5, 0.6) is 0 Å². The molecule has 2 fully saturated rings. The summed E-state index contributed by atoms with van der Waals surface area (Å²) in [4.78, 5) is 38.7. The highest BCUT2D eigenvalue weighted by atomic mass is 16.5. The molecule has 0 aromatic heterocycles. The Hall–Kier alpha value is -4.17. The van der Waals surface area contributed by atoms with E-state index >= 15 is 0 Å². The number of rotatable bonds is 11. The van der Waals surface area contributed by atoms with Gasteiger partial charge in [-0.1, -0.05) is 85.3 Å². The number of carboxylic acid groups (broad SMARTS) is 1. The molecule has 0 saturated heterocycles. The zero-order valence-electron chi connectivity index (χ0n) is 23.7. The molecule has 6 rings (SSSR count). The maximum absolute atomic E-state index is 13.7. The van der Waals surface area contributed by atoms with Crippen molar-refractivity contribution in [2.45, 2.75) is 57.3 Å². The van der Waals surface area contributed by atoms with E-state index < -0.39 is 29.6 Å². The van der Waals surface area contributed by atoms with Crippen LogP contribution in [0.4, 0.5) is 4.79 Å². The number of benzene rings is 3. The molecule has 0 aliphatic heterocycles. The van der Waals surface area contributed by atoms with Gasteiger partial charge >= 0.3 is 12.1 Å². The number of carbonyl (C=O) groups excluding carboxylic acids is 2. The third-order valence-electron chi connectivity index (χ3n) is 9.53. The molecule has 2 saturated carbocycles. The van der Waals surface area contributed by atoms with Crippen molar-refractivity contribution in [3.8, 4) is 11.1 Å². The molecular formula is C34H36N2O6. The normalized spacial score (nSPS) is 20.9. The fourth-order valence-corrected chi connectivity index (χ4v) is 6.87. The number of alkyl carbamates (subject to hydrolysis) is 1. The second-order valence-electron chi connectivity index (χ2n) is 11.9. The monoisotopic (exact) mass is 568 g/mol. The van der Waals surface area contributed by atoms with Gasteiger partial charge in [0, 0.05) is 12.5 Å². The van der Waals surface area contributed by atoms with Crippen LogP contribution in [0.15, 0.2) is 78.9 Å². The van der Waals surface area contributed by atoms with E-state index in [2.05, 4.69) is 34.9 Å². The maximum atomic E-state index is 13.7. The number of carbonyl (C=O) groups is 3. The van der Waals surface area contributed by atoms with Crippen molar-refractivity contribution in [1.29, 1.82) is 0 Å². The van der Waals surface area contributed by atoms with Crippen molar-refractivity contribution in [3.63, 3.8) is 0 Å². The Bertz CT molecular complexity index is 1440. The summed E-state index contributed by atoms with van der Waals surface area (Å²) in [6.45, 7) is 2.17. The Morgan fingerprint density at radius 3 is 2.12 bits per heavy atom. The first-order valence-corrected chi connectivity index (χ1v) is 14.6. The highest BCUT2D eigenvalue weighted by Gasteiger charge is 2.73. The van der Waals surface area contributed by atoms with E-state index in [-0.39, 0.29) is 37.0 Å². The molecule has 3 aromatic carbocycles. The Morgan fingerprint density at radius 1 is 0.929 bits per heavy atom. The number of carboxylic acids is 1. The van der Waals surface area contributed by atoms with Gasteiger partial charge < -0.3 is 25.2 Å². The molecule has 8 heteroatoms. The Labute approximate surface area is 245 Å². The summed E-state index contributed by atoms with van der Waals surface area (Å²) in [5.41, 5.74) is 4.41. The highest BCUT2D eigenvalue weighted by Crippen LogP contribution is 2.73. The Balaban J connectivity index is 1.08. The third kappa shape index (κ3) is 5.04. The van der Waals surface area contributed by atoms with Gasteiger partial charge in [-0.05, 0) is 59.4 Å². The fraction of sp³-hybridized carbons (Fsp3) is 0.382. The van der Waals surface area contributed by atoms with E-state index in [0.29, 0.717) is 6.42 Å². The van der Waals surface area contributed by atoms with Crippen molar-refractivity contribution in [2.24, 2.45) is 10.8 Å². The second kappa shape index (κ2) is 11.2. The van der Waals surface area contributed by atoms with Crippen LogP contribution in [-0.2, 0) is 25.7 Å². The van der Waals surface area contributed by atoms with E-state index in [9.17, 15) is 19.5 Å².